The Hall–Kier alpha value is -1.50. The summed E-state index contributed by atoms with van der Waals surface area (Å²) in [5.41, 5.74) is 5.90. The van der Waals surface area contributed by atoms with Crippen LogP contribution >= 0.6 is 23.2 Å². The summed E-state index contributed by atoms with van der Waals surface area (Å²) >= 11 is 11.7. The van der Waals surface area contributed by atoms with Gasteiger partial charge in [0.1, 0.15) is 10.7 Å². The molecule has 0 spiro atoms. The number of nitrogen functional groups attached to an aromatic ring is 1. The molecular formula is C13H11Cl2FN2O2S. The van der Waals surface area contributed by atoms with Gasteiger partial charge < -0.3 is 5.73 Å². The molecule has 0 amide bonds. The lowest BCUT2D eigenvalue weighted by molar-refractivity contribution is 0.565. The van der Waals surface area contributed by atoms with Crippen LogP contribution in [0.2, 0.25) is 10.0 Å². The molecule has 0 aliphatic heterocycles. The average molecular weight is 349 g/mol. The molecule has 0 bridgehead atoms. The van der Waals surface area contributed by atoms with Gasteiger partial charge in [0.2, 0.25) is 0 Å². The molecule has 8 heteroatoms. The third-order valence-electron chi connectivity index (χ3n) is 2.73. The maximum atomic E-state index is 14.0. The highest BCUT2D eigenvalue weighted by atomic mass is 35.5. The number of nitrogens with one attached hydrogen (secondary N) is 1. The molecule has 0 saturated heterocycles. The van der Waals surface area contributed by atoms with Crippen LogP contribution < -0.4 is 10.5 Å². The molecule has 2 rings (SSSR count). The molecule has 0 fully saturated rings. The Morgan fingerprint density at radius 3 is 2.57 bits per heavy atom. The zero-order valence-electron chi connectivity index (χ0n) is 10.8. The van der Waals surface area contributed by atoms with Crippen molar-refractivity contribution >= 4 is 44.6 Å². The number of benzene rings is 2. The SMILES string of the molecule is Cc1cc(N)cc(S(=O)(=O)Nc2cccc(Cl)c2Cl)c1F. The van der Waals surface area contributed by atoms with Crippen LogP contribution in [0, 0.1) is 12.7 Å². The van der Waals surface area contributed by atoms with Crippen molar-refractivity contribution in [2.45, 2.75) is 11.8 Å². The van der Waals surface area contributed by atoms with E-state index in [-0.39, 0.29) is 27.0 Å². The summed E-state index contributed by atoms with van der Waals surface area (Å²) in [6.45, 7) is 1.43. The zero-order valence-corrected chi connectivity index (χ0v) is 13.2. The normalized spacial score (nSPS) is 11.4. The minimum Gasteiger partial charge on any atom is -0.399 e. The fourth-order valence-corrected chi connectivity index (χ4v) is 3.40. The molecule has 21 heavy (non-hydrogen) atoms. The van der Waals surface area contributed by atoms with Gasteiger partial charge in [0.15, 0.2) is 0 Å². The number of hydrogen-bond donors (Lipinski definition) is 2. The fourth-order valence-electron chi connectivity index (χ4n) is 1.74. The molecule has 0 radical (unpaired) electrons. The van der Waals surface area contributed by atoms with Crippen LogP contribution in [0.4, 0.5) is 15.8 Å². The quantitative estimate of drug-likeness (QED) is 0.828. The van der Waals surface area contributed by atoms with E-state index in [1.54, 1.807) is 0 Å². The highest BCUT2D eigenvalue weighted by Crippen LogP contribution is 2.32. The van der Waals surface area contributed by atoms with E-state index in [0.29, 0.717) is 0 Å². The first-order valence-corrected chi connectivity index (χ1v) is 7.99. The lowest BCUT2D eigenvalue weighted by atomic mass is 10.2. The van der Waals surface area contributed by atoms with Crippen LogP contribution in [0.1, 0.15) is 5.56 Å². The van der Waals surface area contributed by atoms with Gasteiger partial charge in [0.05, 0.1) is 15.7 Å². The molecule has 2 aromatic rings. The molecule has 0 aromatic heterocycles. The minimum absolute atomic E-state index is 0.0313. The Morgan fingerprint density at radius 2 is 1.90 bits per heavy atom. The second-order valence-electron chi connectivity index (χ2n) is 4.36. The van der Waals surface area contributed by atoms with E-state index in [9.17, 15) is 12.8 Å². The van der Waals surface area contributed by atoms with Crippen LogP contribution in [0.15, 0.2) is 35.2 Å². The second kappa shape index (κ2) is 5.71. The summed E-state index contributed by atoms with van der Waals surface area (Å²) in [7, 11) is -4.18. The molecule has 0 heterocycles. The molecule has 0 saturated carbocycles. The van der Waals surface area contributed by atoms with Gasteiger partial charge in [0.25, 0.3) is 10.0 Å². The minimum atomic E-state index is -4.18. The van der Waals surface area contributed by atoms with E-state index >= 15 is 0 Å². The smallest absolute Gasteiger partial charge is 0.264 e. The van der Waals surface area contributed by atoms with E-state index < -0.39 is 20.7 Å². The maximum Gasteiger partial charge on any atom is 0.264 e. The summed E-state index contributed by atoms with van der Waals surface area (Å²) in [6, 6.07) is 6.84. The van der Waals surface area contributed by atoms with Crippen molar-refractivity contribution in [3.63, 3.8) is 0 Å². The summed E-state index contributed by atoms with van der Waals surface area (Å²) < 4.78 is 40.8. The number of sulfonamides is 1. The Morgan fingerprint density at radius 1 is 1.24 bits per heavy atom. The largest absolute Gasteiger partial charge is 0.399 e. The first-order chi connectivity index (χ1) is 9.72. The van der Waals surface area contributed by atoms with Gasteiger partial charge in [-0.3, -0.25) is 4.72 Å². The number of anilines is 2. The van der Waals surface area contributed by atoms with Crippen LogP contribution in [-0.2, 0) is 10.0 Å². The molecule has 0 aliphatic carbocycles. The summed E-state index contributed by atoms with van der Waals surface area (Å²) in [5, 5.41) is 0.213. The van der Waals surface area contributed by atoms with E-state index in [2.05, 4.69) is 4.72 Å². The van der Waals surface area contributed by atoms with E-state index in [0.717, 1.165) is 6.07 Å². The van der Waals surface area contributed by atoms with Gasteiger partial charge in [-0.25, -0.2) is 12.8 Å². The van der Waals surface area contributed by atoms with Gasteiger partial charge in [-0.05, 0) is 36.8 Å². The predicted octanol–water partition coefficient (Wildman–Crippen LogP) is 3.82. The van der Waals surface area contributed by atoms with Gasteiger partial charge >= 0.3 is 0 Å². The molecule has 4 nitrogen and oxygen atoms in total. The first kappa shape index (κ1) is 15.9. The molecule has 0 aliphatic rings. The topological polar surface area (TPSA) is 72.2 Å². The van der Waals surface area contributed by atoms with Crippen molar-refractivity contribution in [2.24, 2.45) is 0 Å². The third-order valence-corrected chi connectivity index (χ3v) is 4.91. The monoisotopic (exact) mass is 348 g/mol. The number of rotatable bonds is 3. The van der Waals surface area contributed by atoms with Gasteiger partial charge in [0, 0.05) is 5.69 Å². The van der Waals surface area contributed by atoms with E-state index in [1.807, 2.05) is 0 Å². The third kappa shape index (κ3) is 3.23. The Balaban J connectivity index is 2.51. The van der Waals surface area contributed by atoms with Gasteiger partial charge in [-0.1, -0.05) is 29.3 Å². The summed E-state index contributed by atoms with van der Waals surface area (Å²) in [6.07, 6.45) is 0. The molecule has 112 valence electrons. The second-order valence-corrected chi connectivity index (χ2v) is 6.79. The summed E-state index contributed by atoms with van der Waals surface area (Å²) in [4.78, 5) is -0.545. The number of halogens is 3. The fraction of sp³-hybridized carbons (Fsp3) is 0.0769. The number of nitrogens with two attached hydrogens (primary N) is 1. The van der Waals surface area contributed by atoms with Crippen LogP contribution in [0.5, 0.6) is 0 Å². The molecular weight excluding hydrogens is 338 g/mol. The predicted molar refractivity (Wildman–Crippen MR) is 82.8 cm³/mol. The van der Waals surface area contributed by atoms with Crippen molar-refractivity contribution in [2.75, 3.05) is 10.5 Å². The molecule has 0 unspecified atom stereocenters. The number of hydrogen-bond acceptors (Lipinski definition) is 3. The zero-order chi connectivity index (χ0) is 15.8. The summed E-state index contributed by atoms with van der Waals surface area (Å²) in [5.74, 6) is -0.866. The molecule has 0 atom stereocenters. The highest BCUT2D eigenvalue weighted by molar-refractivity contribution is 7.92. The Kier molecular flexibility index (Phi) is 4.32. The van der Waals surface area contributed by atoms with Crippen molar-refractivity contribution in [3.05, 3.63) is 51.8 Å². The Labute approximate surface area is 131 Å². The van der Waals surface area contributed by atoms with Crippen molar-refractivity contribution in [1.82, 2.24) is 0 Å². The van der Waals surface area contributed by atoms with Crippen LogP contribution in [-0.4, -0.2) is 8.42 Å². The molecule has 3 N–H and O–H groups in total. The lowest BCUT2D eigenvalue weighted by Crippen LogP contribution is -2.16. The number of aryl methyl sites for hydroxylation is 1. The highest BCUT2D eigenvalue weighted by Gasteiger charge is 2.22. The average Bonchev–Trinajstić information content (AvgIpc) is 2.39. The standard InChI is InChI=1S/C13H11Cl2FN2O2S/c1-7-5-8(17)6-11(13(7)16)21(19,20)18-10-4-2-3-9(14)12(10)15/h2-6,18H,17H2,1H3. The first-order valence-electron chi connectivity index (χ1n) is 5.75. The van der Waals surface area contributed by atoms with E-state index in [4.69, 9.17) is 28.9 Å². The van der Waals surface area contributed by atoms with Crippen LogP contribution in [0.25, 0.3) is 0 Å². The van der Waals surface area contributed by atoms with Crippen molar-refractivity contribution in [1.29, 1.82) is 0 Å². The Bertz CT molecular complexity index is 810. The molecule has 2 aromatic carbocycles. The van der Waals surface area contributed by atoms with Crippen LogP contribution in [0.3, 0.4) is 0 Å². The van der Waals surface area contributed by atoms with Crippen molar-refractivity contribution < 1.29 is 12.8 Å². The van der Waals surface area contributed by atoms with Gasteiger partial charge in [-0.2, -0.15) is 0 Å². The van der Waals surface area contributed by atoms with E-state index in [1.165, 1.54) is 31.2 Å². The maximum absolute atomic E-state index is 14.0. The van der Waals surface area contributed by atoms with Crippen molar-refractivity contribution in [3.8, 4) is 0 Å². The lowest BCUT2D eigenvalue weighted by Gasteiger charge is -2.12. The van der Waals surface area contributed by atoms with Gasteiger partial charge in [-0.15, -0.1) is 0 Å².